The third kappa shape index (κ3) is 2.05. The summed E-state index contributed by atoms with van der Waals surface area (Å²) in [4.78, 5) is 12.4. The Morgan fingerprint density at radius 2 is 2.06 bits per heavy atom. The summed E-state index contributed by atoms with van der Waals surface area (Å²) >= 11 is 0. The summed E-state index contributed by atoms with van der Waals surface area (Å²) in [5, 5.41) is 3.14. The zero-order valence-electron chi connectivity index (χ0n) is 11.2. The van der Waals surface area contributed by atoms with Gasteiger partial charge in [0.05, 0.1) is 0 Å². The van der Waals surface area contributed by atoms with Gasteiger partial charge in [0.1, 0.15) is 0 Å². The number of aryl methyl sites for hydroxylation is 2. The minimum absolute atomic E-state index is 0.246. The van der Waals surface area contributed by atoms with Gasteiger partial charge >= 0.3 is 0 Å². The van der Waals surface area contributed by atoms with Crippen LogP contribution in [0.15, 0.2) is 18.2 Å². The van der Waals surface area contributed by atoms with Gasteiger partial charge in [-0.2, -0.15) is 0 Å². The molecule has 1 aromatic rings. The van der Waals surface area contributed by atoms with Gasteiger partial charge in [0.2, 0.25) is 5.91 Å². The van der Waals surface area contributed by atoms with Gasteiger partial charge in [0.15, 0.2) is 0 Å². The van der Waals surface area contributed by atoms with Gasteiger partial charge in [0, 0.05) is 11.6 Å². The molecule has 0 heterocycles. The van der Waals surface area contributed by atoms with Crippen LogP contribution in [0.2, 0.25) is 0 Å². The monoisotopic (exact) mass is 243 g/mol. The van der Waals surface area contributed by atoms with Gasteiger partial charge in [-0.05, 0) is 62.1 Å². The summed E-state index contributed by atoms with van der Waals surface area (Å²) in [6.45, 7) is 4.11. The molecule has 1 aromatic carbocycles. The lowest BCUT2D eigenvalue weighted by atomic mass is 9.88. The van der Waals surface area contributed by atoms with Crippen molar-refractivity contribution in [3.05, 3.63) is 29.3 Å². The van der Waals surface area contributed by atoms with Crippen molar-refractivity contribution in [1.82, 2.24) is 0 Å². The van der Waals surface area contributed by atoms with Crippen LogP contribution in [0.25, 0.3) is 0 Å². The zero-order valence-corrected chi connectivity index (χ0v) is 11.2. The van der Waals surface area contributed by atoms with Gasteiger partial charge in [-0.1, -0.05) is 18.6 Å². The molecule has 2 aliphatic rings. The van der Waals surface area contributed by atoms with Crippen LogP contribution in [0.3, 0.4) is 0 Å². The summed E-state index contributed by atoms with van der Waals surface area (Å²) < 4.78 is 0. The van der Waals surface area contributed by atoms with Crippen molar-refractivity contribution in [2.45, 2.75) is 39.5 Å². The third-order valence-corrected chi connectivity index (χ3v) is 4.73. The van der Waals surface area contributed by atoms with E-state index < -0.39 is 0 Å². The fourth-order valence-electron chi connectivity index (χ4n) is 3.66. The van der Waals surface area contributed by atoms with Crippen LogP contribution in [-0.2, 0) is 4.79 Å². The Hall–Kier alpha value is -1.31. The van der Waals surface area contributed by atoms with E-state index in [2.05, 4.69) is 37.4 Å². The molecule has 2 fully saturated rings. The van der Waals surface area contributed by atoms with Crippen LogP contribution < -0.4 is 5.32 Å². The van der Waals surface area contributed by atoms with E-state index in [0.29, 0.717) is 5.92 Å². The van der Waals surface area contributed by atoms with Crippen molar-refractivity contribution < 1.29 is 4.79 Å². The topological polar surface area (TPSA) is 29.1 Å². The van der Waals surface area contributed by atoms with Gasteiger partial charge < -0.3 is 5.32 Å². The van der Waals surface area contributed by atoms with E-state index in [1.165, 1.54) is 24.8 Å². The number of hydrogen-bond donors (Lipinski definition) is 1. The highest BCUT2D eigenvalue weighted by Crippen LogP contribution is 2.48. The lowest BCUT2D eigenvalue weighted by Gasteiger charge is -2.21. The molecule has 0 spiro atoms. The van der Waals surface area contributed by atoms with Crippen molar-refractivity contribution in [3.63, 3.8) is 0 Å². The highest BCUT2D eigenvalue weighted by molar-refractivity contribution is 5.93. The number of rotatable bonds is 2. The Labute approximate surface area is 109 Å². The Morgan fingerprint density at radius 3 is 2.72 bits per heavy atom. The van der Waals surface area contributed by atoms with E-state index in [-0.39, 0.29) is 11.8 Å². The molecule has 2 bridgehead atoms. The predicted molar refractivity (Wildman–Crippen MR) is 73.5 cm³/mol. The summed E-state index contributed by atoms with van der Waals surface area (Å²) in [6.07, 6.45) is 5.00. The second-order valence-corrected chi connectivity index (χ2v) is 6.09. The molecule has 96 valence electrons. The number of hydrogen-bond acceptors (Lipinski definition) is 1. The SMILES string of the molecule is Cc1ccc(C)c(NC(=O)[C@H]2C[C@@H]3CC[C@H]2C3)c1. The van der Waals surface area contributed by atoms with Gasteiger partial charge in [-0.15, -0.1) is 0 Å². The molecule has 0 radical (unpaired) electrons. The molecule has 3 rings (SSSR count). The molecule has 1 amide bonds. The molecule has 2 heteroatoms. The maximum Gasteiger partial charge on any atom is 0.227 e. The van der Waals surface area contributed by atoms with E-state index in [4.69, 9.17) is 0 Å². The minimum atomic E-state index is 0.246. The first-order chi connectivity index (χ1) is 8.63. The average molecular weight is 243 g/mol. The van der Waals surface area contributed by atoms with Crippen LogP contribution in [0, 0.1) is 31.6 Å². The van der Waals surface area contributed by atoms with E-state index in [1.54, 1.807) is 0 Å². The fourth-order valence-corrected chi connectivity index (χ4v) is 3.66. The molecule has 0 saturated heterocycles. The van der Waals surface area contributed by atoms with Gasteiger partial charge in [-0.25, -0.2) is 0 Å². The maximum atomic E-state index is 12.4. The molecule has 0 aromatic heterocycles. The van der Waals surface area contributed by atoms with Crippen LogP contribution in [0.1, 0.15) is 36.8 Å². The van der Waals surface area contributed by atoms with Gasteiger partial charge in [0.25, 0.3) is 0 Å². The Morgan fingerprint density at radius 1 is 1.22 bits per heavy atom. The first kappa shape index (κ1) is 11.8. The highest BCUT2D eigenvalue weighted by Gasteiger charge is 2.43. The molecule has 2 saturated carbocycles. The number of benzene rings is 1. The lowest BCUT2D eigenvalue weighted by molar-refractivity contribution is -0.121. The second-order valence-electron chi connectivity index (χ2n) is 6.09. The lowest BCUT2D eigenvalue weighted by Crippen LogP contribution is -2.27. The predicted octanol–water partition coefficient (Wildman–Crippen LogP) is 3.68. The van der Waals surface area contributed by atoms with Crippen LogP contribution in [0.4, 0.5) is 5.69 Å². The zero-order chi connectivity index (χ0) is 12.7. The Kier molecular flexibility index (Phi) is 2.89. The standard InChI is InChI=1S/C16H21NO/c1-10-3-4-11(2)15(7-10)17-16(18)14-9-12-5-6-13(14)8-12/h3-4,7,12-14H,5-6,8-9H2,1-2H3,(H,17,18)/t12-,13+,14+/m1/s1. The first-order valence-corrected chi connectivity index (χ1v) is 7.01. The van der Waals surface area contributed by atoms with Crippen molar-refractivity contribution >= 4 is 11.6 Å². The smallest absolute Gasteiger partial charge is 0.227 e. The van der Waals surface area contributed by atoms with Crippen LogP contribution in [0.5, 0.6) is 0 Å². The first-order valence-electron chi connectivity index (χ1n) is 7.01. The minimum Gasteiger partial charge on any atom is -0.326 e. The van der Waals surface area contributed by atoms with Crippen LogP contribution in [-0.4, -0.2) is 5.91 Å². The molecule has 3 atom stereocenters. The quantitative estimate of drug-likeness (QED) is 0.843. The summed E-state index contributed by atoms with van der Waals surface area (Å²) in [5.74, 6) is 1.99. The average Bonchev–Trinajstić information content (AvgIpc) is 2.96. The number of anilines is 1. The van der Waals surface area contributed by atoms with Gasteiger partial charge in [-0.3, -0.25) is 4.79 Å². The molecular weight excluding hydrogens is 222 g/mol. The highest BCUT2D eigenvalue weighted by atomic mass is 16.1. The normalized spacial score (nSPS) is 29.6. The molecule has 1 N–H and O–H groups in total. The van der Waals surface area contributed by atoms with E-state index in [1.807, 2.05) is 0 Å². The largest absolute Gasteiger partial charge is 0.326 e. The van der Waals surface area contributed by atoms with Crippen molar-refractivity contribution in [1.29, 1.82) is 0 Å². The van der Waals surface area contributed by atoms with Crippen molar-refractivity contribution in [3.8, 4) is 0 Å². The fraction of sp³-hybridized carbons (Fsp3) is 0.562. The van der Waals surface area contributed by atoms with E-state index in [9.17, 15) is 4.79 Å². The summed E-state index contributed by atoms with van der Waals surface area (Å²) in [7, 11) is 0. The molecule has 2 aliphatic carbocycles. The summed E-state index contributed by atoms with van der Waals surface area (Å²) in [6, 6.07) is 6.23. The third-order valence-electron chi connectivity index (χ3n) is 4.73. The number of carbonyl (C=O) groups excluding carboxylic acids is 1. The van der Waals surface area contributed by atoms with E-state index in [0.717, 1.165) is 23.6 Å². The Bertz CT molecular complexity index is 480. The number of carbonyl (C=O) groups is 1. The molecule has 0 unspecified atom stereocenters. The number of fused-ring (bicyclic) bond motifs is 2. The maximum absolute atomic E-state index is 12.4. The van der Waals surface area contributed by atoms with Crippen molar-refractivity contribution in [2.24, 2.45) is 17.8 Å². The van der Waals surface area contributed by atoms with Crippen molar-refractivity contribution in [2.75, 3.05) is 5.32 Å². The van der Waals surface area contributed by atoms with E-state index >= 15 is 0 Å². The van der Waals surface area contributed by atoms with Crippen LogP contribution >= 0.6 is 0 Å². The molecule has 0 aliphatic heterocycles. The summed E-state index contributed by atoms with van der Waals surface area (Å²) in [5.41, 5.74) is 3.34. The molecular formula is C16H21NO. The molecule has 18 heavy (non-hydrogen) atoms. The molecule has 2 nitrogen and oxygen atoms in total. The Balaban J connectivity index is 1.72. The number of amides is 1. The number of nitrogens with one attached hydrogen (secondary N) is 1. The second kappa shape index (κ2) is 4.42.